The zero-order valence-corrected chi connectivity index (χ0v) is 13.3. The van der Waals surface area contributed by atoms with Crippen molar-refractivity contribution in [1.82, 2.24) is 25.3 Å². The second-order valence-corrected chi connectivity index (χ2v) is 5.81. The van der Waals surface area contributed by atoms with Gasteiger partial charge in [-0.3, -0.25) is 9.69 Å². The van der Waals surface area contributed by atoms with Crippen LogP contribution in [0.4, 0.5) is 0 Å². The molecule has 2 saturated heterocycles. The van der Waals surface area contributed by atoms with Crippen LogP contribution in [0.3, 0.4) is 0 Å². The first-order chi connectivity index (χ1) is 10.7. The van der Waals surface area contributed by atoms with Gasteiger partial charge in [-0.1, -0.05) is 0 Å². The molecule has 7 heteroatoms. The number of carbonyl (C=O) groups is 1. The molecule has 2 heterocycles. The zero-order chi connectivity index (χ0) is 15.8. The molecule has 7 nitrogen and oxygen atoms in total. The monoisotopic (exact) mass is 306 g/mol. The number of carbonyl (C=O) groups excluding carboxylic acids is 1. The lowest BCUT2D eigenvalue weighted by Crippen LogP contribution is -2.47. The fraction of sp³-hybridized carbons (Fsp3) is 0.733. The third-order valence-corrected chi connectivity index (χ3v) is 4.17. The lowest BCUT2D eigenvalue weighted by atomic mass is 10.2. The molecule has 2 aliphatic rings. The molecule has 22 heavy (non-hydrogen) atoms. The Bertz CT molecular complexity index is 430. The van der Waals surface area contributed by atoms with Gasteiger partial charge < -0.3 is 20.4 Å². The average Bonchev–Trinajstić information content (AvgIpc) is 2.56. The zero-order valence-electron chi connectivity index (χ0n) is 13.3. The summed E-state index contributed by atoms with van der Waals surface area (Å²) in [5.41, 5.74) is 0.199. The number of nitriles is 1. The van der Waals surface area contributed by atoms with E-state index in [0.29, 0.717) is 13.1 Å². The molecule has 2 aliphatic heterocycles. The highest BCUT2D eigenvalue weighted by Gasteiger charge is 2.22. The van der Waals surface area contributed by atoms with Gasteiger partial charge in [-0.05, 0) is 7.05 Å². The summed E-state index contributed by atoms with van der Waals surface area (Å²) in [4.78, 5) is 18.6. The van der Waals surface area contributed by atoms with Crippen LogP contribution in [0, 0.1) is 11.3 Å². The van der Waals surface area contributed by atoms with E-state index in [9.17, 15) is 10.1 Å². The minimum atomic E-state index is -0.162. The third-order valence-electron chi connectivity index (χ3n) is 4.17. The van der Waals surface area contributed by atoms with Crippen molar-refractivity contribution < 1.29 is 4.79 Å². The fourth-order valence-electron chi connectivity index (χ4n) is 2.65. The summed E-state index contributed by atoms with van der Waals surface area (Å²) in [6.07, 6.45) is 1.57. The molecule has 0 atom stereocenters. The minimum absolute atomic E-state index is 0.162. The van der Waals surface area contributed by atoms with Crippen molar-refractivity contribution in [3.8, 4) is 6.07 Å². The third kappa shape index (κ3) is 4.98. The number of rotatable bonds is 5. The molecular formula is C15H26N6O. The summed E-state index contributed by atoms with van der Waals surface area (Å²) in [6.45, 7) is 8.95. The molecule has 0 radical (unpaired) electrons. The largest absolute Gasteiger partial charge is 0.388 e. The SMILES string of the molecule is CN1CCN(C(=O)/C(C#N)=C\NCCN2CCNCC2)CC1. The molecule has 1 amide bonds. The van der Waals surface area contributed by atoms with Crippen molar-refractivity contribution in [3.63, 3.8) is 0 Å². The first-order valence-electron chi connectivity index (χ1n) is 7.95. The Morgan fingerprint density at radius 2 is 1.91 bits per heavy atom. The molecule has 0 spiro atoms. The van der Waals surface area contributed by atoms with Gasteiger partial charge in [0, 0.05) is 71.6 Å². The van der Waals surface area contributed by atoms with E-state index in [1.54, 1.807) is 11.1 Å². The number of piperazine rings is 2. The summed E-state index contributed by atoms with van der Waals surface area (Å²) in [6, 6.07) is 2.02. The molecule has 2 N–H and O–H groups in total. The van der Waals surface area contributed by atoms with E-state index < -0.39 is 0 Å². The Hall–Kier alpha value is -1.62. The number of likely N-dealkylation sites (N-methyl/N-ethyl adjacent to an activating group) is 1. The van der Waals surface area contributed by atoms with Gasteiger partial charge in [0.2, 0.25) is 0 Å². The lowest BCUT2D eigenvalue weighted by Gasteiger charge is -2.32. The van der Waals surface area contributed by atoms with E-state index in [2.05, 4.69) is 20.4 Å². The Morgan fingerprint density at radius 3 is 2.55 bits per heavy atom. The normalized spacial score (nSPS) is 21.5. The quantitative estimate of drug-likeness (QED) is 0.372. The van der Waals surface area contributed by atoms with E-state index >= 15 is 0 Å². The Morgan fingerprint density at radius 1 is 1.23 bits per heavy atom. The van der Waals surface area contributed by atoms with Gasteiger partial charge in [0.25, 0.3) is 5.91 Å². The highest BCUT2D eigenvalue weighted by atomic mass is 16.2. The van der Waals surface area contributed by atoms with Gasteiger partial charge in [-0.15, -0.1) is 0 Å². The molecule has 122 valence electrons. The molecule has 0 aromatic heterocycles. The lowest BCUT2D eigenvalue weighted by molar-refractivity contribution is -0.128. The summed E-state index contributed by atoms with van der Waals surface area (Å²) in [5, 5.41) is 15.6. The predicted octanol–water partition coefficient (Wildman–Crippen LogP) is -1.34. The van der Waals surface area contributed by atoms with Gasteiger partial charge in [-0.25, -0.2) is 0 Å². The van der Waals surface area contributed by atoms with Crippen molar-refractivity contribution in [2.24, 2.45) is 0 Å². The Balaban J connectivity index is 1.75. The van der Waals surface area contributed by atoms with E-state index in [1.807, 2.05) is 13.1 Å². The molecule has 0 bridgehead atoms. The molecule has 2 fully saturated rings. The summed E-state index contributed by atoms with van der Waals surface area (Å²) in [7, 11) is 2.04. The van der Waals surface area contributed by atoms with E-state index in [0.717, 1.165) is 52.4 Å². The van der Waals surface area contributed by atoms with Crippen molar-refractivity contribution in [1.29, 1.82) is 5.26 Å². The highest BCUT2D eigenvalue weighted by Crippen LogP contribution is 2.05. The summed E-state index contributed by atoms with van der Waals surface area (Å²) in [5.74, 6) is -0.162. The maximum Gasteiger partial charge on any atom is 0.266 e. The van der Waals surface area contributed by atoms with Crippen LogP contribution in [0.2, 0.25) is 0 Å². The van der Waals surface area contributed by atoms with Gasteiger partial charge >= 0.3 is 0 Å². The Labute approximate surface area is 132 Å². The van der Waals surface area contributed by atoms with Crippen LogP contribution >= 0.6 is 0 Å². The maximum absolute atomic E-state index is 12.3. The fourth-order valence-corrected chi connectivity index (χ4v) is 2.65. The second kappa shape index (κ2) is 8.73. The average molecular weight is 306 g/mol. The van der Waals surface area contributed by atoms with Crippen LogP contribution in [0.15, 0.2) is 11.8 Å². The predicted molar refractivity (Wildman–Crippen MR) is 85.1 cm³/mol. The van der Waals surface area contributed by atoms with Gasteiger partial charge in [0.15, 0.2) is 0 Å². The molecular weight excluding hydrogens is 280 g/mol. The van der Waals surface area contributed by atoms with Crippen LogP contribution < -0.4 is 10.6 Å². The summed E-state index contributed by atoms with van der Waals surface area (Å²) >= 11 is 0. The number of amides is 1. The minimum Gasteiger partial charge on any atom is -0.388 e. The number of hydrogen-bond acceptors (Lipinski definition) is 6. The molecule has 0 unspecified atom stereocenters. The Kier molecular flexibility index (Phi) is 6.65. The van der Waals surface area contributed by atoms with Crippen LogP contribution in [-0.2, 0) is 4.79 Å². The maximum atomic E-state index is 12.3. The summed E-state index contributed by atoms with van der Waals surface area (Å²) < 4.78 is 0. The topological polar surface area (TPSA) is 74.6 Å². The van der Waals surface area contributed by atoms with Crippen LogP contribution in [0.1, 0.15) is 0 Å². The standard InChI is InChI=1S/C15H26N6O/c1-19-8-10-21(11-9-19)15(22)14(12-16)13-18-4-7-20-5-2-17-3-6-20/h13,17-18H,2-11H2,1H3/b14-13-. The molecule has 0 saturated carbocycles. The van der Waals surface area contributed by atoms with E-state index in [1.165, 1.54) is 0 Å². The van der Waals surface area contributed by atoms with E-state index in [-0.39, 0.29) is 11.5 Å². The number of nitrogens with zero attached hydrogens (tertiary/aromatic N) is 4. The van der Waals surface area contributed by atoms with Crippen LogP contribution in [0.25, 0.3) is 0 Å². The van der Waals surface area contributed by atoms with Crippen LogP contribution in [-0.4, -0.2) is 93.1 Å². The van der Waals surface area contributed by atoms with Gasteiger partial charge in [0.1, 0.15) is 11.6 Å². The van der Waals surface area contributed by atoms with E-state index in [4.69, 9.17) is 0 Å². The van der Waals surface area contributed by atoms with Crippen molar-refractivity contribution in [3.05, 3.63) is 11.8 Å². The molecule has 0 aliphatic carbocycles. The van der Waals surface area contributed by atoms with Crippen LogP contribution in [0.5, 0.6) is 0 Å². The van der Waals surface area contributed by atoms with Crippen molar-refractivity contribution in [2.75, 3.05) is 72.5 Å². The van der Waals surface area contributed by atoms with Crippen molar-refractivity contribution in [2.45, 2.75) is 0 Å². The molecule has 2 rings (SSSR count). The van der Waals surface area contributed by atoms with Gasteiger partial charge in [-0.2, -0.15) is 5.26 Å². The smallest absolute Gasteiger partial charge is 0.266 e. The number of hydrogen-bond donors (Lipinski definition) is 2. The molecule has 0 aromatic carbocycles. The van der Waals surface area contributed by atoms with Gasteiger partial charge in [0.05, 0.1) is 0 Å². The molecule has 0 aromatic rings. The van der Waals surface area contributed by atoms with Crippen molar-refractivity contribution >= 4 is 5.91 Å². The second-order valence-electron chi connectivity index (χ2n) is 5.81. The first-order valence-corrected chi connectivity index (χ1v) is 7.95. The first kappa shape index (κ1) is 16.7. The highest BCUT2D eigenvalue weighted by molar-refractivity contribution is 5.97. The number of nitrogens with one attached hydrogen (secondary N) is 2.